The molecule has 1 aliphatic carbocycles. The van der Waals surface area contributed by atoms with Crippen LogP contribution < -0.4 is 4.90 Å². The molecular formula is C19H19N3S. The van der Waals surface area contributed by atoms with Gasteiger partial charge >= 0.3 is 0 Å². The van der Waals surface area contributed by atoms with Crippen molar-refractivity contribution in [2.24, 2.45) is 5.92 Å². The Bertz CT molecular complexity index is 766. The Morgan fingerprint density at radius 2 is 1.87 bits per heavy atom. The monoisotopic (exact) mass is 321 g/mol. The molecule has 1 unspecified atom stereocenters. The van der Waals surface area contributed by atoms with Crippen molar-refractivity contribution in [1.29, 1.82) is 0 Å². The molecule has 4 heteroatoms. The van der Waals surface area contributed by atoms with Crippen LogP contribution >= 0.6 is 11.3 Å². The second-order valence-corrected chi connectivity index (χ2v) is 6.87. The number of hydrogen-bond acceptors (Lipinski definition) is 4. The molecule has 1 aliphatic rings. The molecule has 4 rings (SSSR count). The van der Waals surface area contributed by atoms with Gasteiger partial charge in [-0.15, -0.1) is 11.3 Å². The third kappa shape index (κ3) is 2.99. The smallest absolute Gasteiger partial charge is 0.186 e. The second kappa shape index (κ2) is 6.13. The summed E-state index contributed by atoms with van der Waals surface area (Å²) in [6, 6.07) is 16.9. The van der Waals surface area contributed by atoms with Crippen LogP contribution in [0, 0.1) is 5.92 Å². The van der Waals surface area contributed by atoms with Crippen molar-refractivity contribution in [3.8, 4) is 11.3 Å². The van der Waals surface area contributed by atoms with Crippen LogP contribution in [0.5, 0.6) is 0 Å². The Kier molecular flexibility index (Phi) is 3.83. The third-order valence-electron chi connectivity index (χ3n) is 4.34. The Labute approximate surface area is 140 Å². The van der Waals surface area contributed by atoms with E-state index in [2.05, 4.69) is 58.7 Å². The van der Waals surface area contributed by atoms with Gasteiger partial charge in [-0.2, -0.15) is 0 Å². The van der Waals surface area contributed by atoms with Gasteiger partial charge in [-0.1, -0.05) is 36.4 Å². The van der Waals surface area contributed by atoms with Crippen LogP contribution in [0.2, 0.25) is 0 Å². The average molecular weight is 321 g/mol. The molecule has 2 heterocycles. The van der Waals surface area contributed by atoms with Crippen molar-refractivity contribution in [1.82, 2.24) is 9.97 Å². The summed E-state index contributed by atoms with van der Waals surface area (Å²) in [6.07, 6.45) is 4.45. The van der Waals surface area contributed by atoms with Gasteiger partial charge in [-0.05, 0) is 30.9 Å². The number of rotatable bonds is 5. The predicted molar refractivity (Wildman–Crippen MR) is 95.7 cm³/mol. The molecule has 3 nitrogen and oxygen atoms in total. The molecule has 0 aliphatic heterocycles. The van der Waals surface area contributed by atoms with Crippen LogP contribution in [0.15, 0.2) is 60.1 Å². The number of thiazole rings is 1. The van der Waals surface area contributed by atoms with Crippen LogP contribution in [0.4, 0.5) is 5.13 Å². The molecule has 1 saturated carbocycles. The molecule has 2 aromatic heterocycles. The molecule has 0 radical (unpaired) electrons. The minimum absolute atomic E-state index is 0.325. The maximum absolute atomic E-state index is 4.85. The van der Waals surface area contributed by atoms with Crippen molar-refractivity contribution in [3.63, 3.8) is 0 Å². The maximum Gasteiger partial charge on any atom is 0.186 e. The molecule has 0 amide bonds. The van der Waals surface area contributed by atoms with E-state index < -0.39 is 0 Å². The second-order valence-electron chi connectivity index (χ2n) is 6.03. The summed E-state index contributed by atoms with van der Waals surface area (Å²) in [5.74, 6) is 0.693. The summed E-state index contributed by atoms with van der Waals surface area (Å²) < 4.78 is 0. The highest BCUT2D eigenvalue weighted by molar-refractivity contribution is 7.14. The first kappa shape index (κ1) is 14.4. The molecule has 1 aromatic carbocycles. The summed E-state index contributed by atoms with van der Waals surface area (Å²) in [6.45, 7) is 0. The average Bonchev–Trinajstić information content (AvgIpc) is 3.31. The number of nitrogens with zero attached hydrogens (tertiary/aromatic N) is 3. The standard InChI is InChI=1S/C19H19N3S/c1-22(18(15-10-11-15)16-9-5-6-12-20-16)19-21-17(13-23-19)14-7-3-2-4-8-14/h2-9,12-13,15,18H,10-11H2,1H3. The molecule has 0 saturated heterocycles. The van der Waals surface area contributed by atoms with Gasteiger partial charge in [-0.25, -0.2) is 4.98 Å². The first-order chi connectivity index (χ1) is 11.3. The topological polar surface area (TPSA) is 29.0 Å². The number of anilines is 1. The Morgan fingerprint density at radius 1 is 1.09 bits per heavy atom. The van der Waals surface area contributed by atoms with Crippen molar-refractivity contribution in [2.75, 3.05) is 11.9 Å². The highest BCUT2D eigenvalue weighted by atomic mass is 32.1. The lowest BCUT2D eigenvalue weighted by molar-refractivity contribution is 0.576. The largest absolute Gasteiger partial charge is 0.342 e. The van der Waals surface area contributed by atoms with E-state index in [1.807, 2.05) is 18.3 Å². The molecule has 1 fully saturated rings. The molecular weight excluding hydrogens is 302 g/mol. The first-order valence-electron chi connectivity index (χ1n) is 7.97. The van der Waals surface area contributed by atoms with Crippen LogP contribution in [0.3, 0.4) is 0 Å². The van der Waals surface area contributed by atoms with E-state index in [0.29, 0.717) is 12.0 Å². The van der Waals surface area contributed by atoms with Crippen molar-refractivity contribution >= 4 is 16.5 Å². The molecule has 1 atom stereocenters. The SMILES string of the molecule is CN(c1nc(-c2ccccc2)cs1)C(c1ccccn1)C1CC1. The predicted octanol–water partition coefficient (Wildman–Crippen LogP) is 4.79. The van der Waals surface area contributed by atoms with E-state index in [9.17, 15) is 0 Å². The van der Waals surface area contributed by atoms with Crippen molar-refractivity contribution in [2.45, 2.75) is 18.9 Å². The fourth-order valence-corrected chi connectivity index (χ4v) is 3.84. The van der Waals surface area contributed by atoms with Gasteiger partial charge in [0.05, 0.1) is 17.4 Å². The van der Waals surface area contributed by atoms with Gasteiger partial charge in [0.1, 0.15) is 0 Å². The summed E-state index contributed by atoms with van der Waals surface area (Å²) >= 11 is 1.71. The Hall–Kier alpha value is -2.20. The van der Waals surface area contributed by atoms with Crippen LogP contribution in [0.1, 0.15) is 24.6 Å². The quantitative estimate of drug-likeness (QED) is 0.676. The molecule has 3 aromatic rings. The number of pyridine rings is 1. The number of aromatic nitrogens is 2. The van der Waals surface area contributed by atoms with Crippen LogP contribution in [-0.2, 0) is 0 Å². The zero-order chi connectivity index (χ0) is 15.6. The zero-order valence-corrected chi connectivity index (χ0v) is 13.9. The van der Waals surface area contributed by atoms with Gasteiger partial charge in [0, 0.05) is 24.2 Å². The molecule has 0 N–H and O–H groups in total. The summed E-state index contributed by atoms with van der Waals surface area (Å²) in [5.41, 5.74) is 3.37. The van der Waals surface area contributed by atoms with E-state index in [-0.39, 0.29) is 0 Å². The lowest BCUT2D eigenvalue weighted by Crippen LogP contribution is -2.26. The van der Waals surface area contributed by atoms with E-state index >= 15 is 0 Å². The summed E-state index contributed by atoms with van der Waals surface area (Å²) in [4.78, 5) is 11.7. The molecule has 23 heavy (non-hydrogen) atoms. The van der Waals surface area contributed by atoms with E-state index in [1.165, 1.54) is 18.4 Å². The van der Waals surface area contributed by atoms with Crippen LogP contribution in [0.25, 0.3) is 11.3 Å². The Balaban J connectivity index is 1.63. The van der Waals surface area contributed by atoms with Crippen LogP contribution in [-0.4, -0.2) is 17.0 Å². The van der Waals surface area contributed by atoms with Crippen molar-refractivity contribution < 1.29 is 0 Å². The fourth-order valence-electron chi connectivity index (χ4n) is 3.01. The van der Waals surface area contributed by atoms with E-state index in [1.54, 1.807) is 11.3 Å². The minimum Gasteiger partial charge on any atom is -0.342 e. The fraction of sp³-hybridized carbons (Fsp3) is 0.263. The third-order valence-corrected chi connectivity index (χ3v) is 5.27. The highest BCUT2D eigenvalue weighted by Crippen LogP contribution is 2.45. The minimum atomic E-state index is 0.325. The van der Waals surface area contributed by atoms with Gasteiger partial charge in [0.25, 0.3) is 0 Å². The van der Waals surface area contributed by atoms with Gasteiger partial charge in [0.2, 0.25) is 0 Å². The van der Waals surface area contributed by atoms with E-state index in [0.717, 1.165) is 16.5 Å². The first-order valence-corrected chi connectivity index (χ1v) is 8.85. The van der Waals surface area contributed by atoms with Gasteiger partial charge < -0.3 is 4.90 Å². The molecule has 0 spiro atoms. The van der Waals surface area contributed by atoms with Gasteiger partial charge in [0.15, 0.2) is 5.13 Å². The van der Waals surface area contributed by atoms with Gasteiger partial charge in [-0.3, -0.25) is 4.98 Å². The molecule has 0 bridgehead atoms. The number of benzene rings is 1. The summed E-state index contributed by atoms with van der Waals surface area (Å²) in [7, 11) is 2.14. The maximum atomic E-state index is 4.85. The Morgan fingerprint density at radius 3 is 2.57 bits per heavy atom. The summed E-state index contributed by atoms with van der Waals surface area (Å²) in [5, 5.41) is 3.20. The molecule has 116 valence electrons. The lowest BCUT2D eigenvalue weighted by atomic mass is 10.1. The van der Waals surface area contributed by atoms with Crippen molar-refractivity contribution in [3.05, 3.63) is 65.8 Å². The normalized spacial score (nSPS) is 15.3. The highest BCUT2D eigenvalue weighted by Gasteiger charge is 2.36. The van der Waals surface area contributed by atoms with E-state index in [4.69, 9.17) is 4.98 Å². The lowest BCUT2D eigenvalue weighted by Gasteiger charge is -2.27. The number of hydrogen-bond donors (Lipinski definition) is 0. The zero-order valence-electron chi connectivity index (χ0n) is 13.1.